The average Bonchev–Trinajstić information content (AvgIpc) is 3.04. The van der Waals surface area contributed by atoms with Crippen LogP contribution in [0.5, 0.6) is 5.88 Å². The van der Waals surface area contributed by atoms with Crippen molar-refractivity contribution in [3.8, 4) is 5.88 Å². The Morgan fingerprint density at radius 1 is 1.31 bits per heavy atom. The number of rotatable bonds is 4. The van der Waals surface area contributed by atoms with Crippen molar-refractivity contribution in [2.45, 2.75) is 31.8 Å². The van der Waals surface area contributed by atoms with Crippen LogP contribution in [0.4, 0.5) is 0 Å². The summed E-state index contributed by atoms with van der Waals surface area (Å²) in [4.78, 5) is 0. The SMILES string of the molecule is c1cc(OC(C2CC2)C2CC2)[nH]n1. The fourth-order valence-electron chi connectivity index (χ4n) is 1.88. The molecule has 3 heteroatoms. The van der Waals surface area contributed by atoms with Crippen LogP contribution in [0.1, 0.15) is 25.7 Å². The standard InChI is InChI=1S/C10H14N2O/c1-2-7(1)10(8-3-4-8)13-9-5-6-11-12-9/h5-8,10H,1-4H2,(H,11,12). The molecule has 0 atom stereocenters. The fraction of sp³-hybridized carbons (Fsp3) is 0.700. The van der Waals surface area contributed by atoms with Gasteiger partial charge in [0.25, 0.3) is 0 Å². The molecule has 1 aromatic heterocycles. The summed E-state index contributed by atoms with van der Waals surface area (Å²) in [5.74, 6) is 2.50. The number of hydrogen-bond acceptors (Lipinski definition) is 2. The highest BCUT2D eigenvalue weighted by Gasteiger charge is 2.43. The second-order valence-corrected chi connectivity index (χ2v) is 4.18. The van der Waals surface area contributed by atoms with E-state index in [4.69, 9.17) is 4.74 Å². The van der Waals surface area contributed by atoms with Gasteiger partial charge in [-0.15, -0.1) is 0 Å². The number of ether oxygens (including phenoxy) is 1. The molecular weight excluding hydrogens is 164 g/mol. The summed E-state index contributed by atoms with van der Waals surface area (Å²) in [6.07, 6.45) is 7.64. The molecule has 2 aliphatic rings. The zero-order chi connectivity index (χ0) is 8.67. The van der Waals surface area contributed by atoms with Gasteiger partial charge in [0.1, 0.15) is 6.10 Å². The van der Waals surface area contributed by atoms with Gasteiger partial charge in [-0.2, -0.15) is 5.10 Å². The summed E-state index contributed by atoms with van der Waals surface area (Å²) < 4.78 is 5.88. The zero-order valence-corrected chi connectivity index (χ0v) is 7.57. The fourth-order valence-corrected chi connectivity index (χ4v) is 1.88. The third-order valence-electron chi connectivity index (χ3n) is 2.91. The Morgan fingerprint density at radius 2 is 2.00 bits per heavy atom. The van der Waals surface area contributed by atoms with Gasteiger partial charge >= 0.3 is 0 Å². The predicted molar refractivity (Wildman–Crippen MR) is 48.5 cm³/mol. The lowest BCUT2D eigenvalue weighted by atomic mass is 10.1. The zero-order valence-electron chi connectivity index (χ0n) is 7.57. The largest absolute Gasteiger partial charge is 0.474 e. The molecule has 3 rings (SSSR count). The van der Waals surface area contributed by atoms with Gasteiger partial charge < -0.3 is 4.74 Å². The molecule has 0 unspecified atom stereocenters. The Morgan fingerprint density at radius 3 is 2.46 bits per heavy atom. The average molecular weight is 178 g/mol. The van der Waals surface area contributed by atoms with Crippen LogP contribution in [0.15, 0.2) is 12.3 Å². The molecule has 1 aromatic rings. The molecule has 0 amide bonds. The van der Waals surface area contributed by atoms with Crippen LogP contribution in [-0.2, 0) is 0 Å². The quantitative estimate of drug-likeness (QED) is 0.765. The Bertz CT molecular complexity index is 263. The van der Waals surface area contributed by atoms with Gasteiger partial charge in [-0.05, 0) is 37.5 Å². The van der Waals surface area contributed by atoms with Crippen molar-refractivity contribution in [3.05, 3.63) is 12.3 Å². The Balaban J connectivity index is 1.67. The Kier molecular flexibility index (Phi) is 1.57. The Hall–Kier alpha value is -0.990. The number of nitrogens with one attached hydrogen (secondary N) is 1. The smallest absolute Gasteiger partial charge is 0.209 e. The van der Waals surface area contributed by atoms with Crippen LogP contribution in [0.25, 0.3) is 0 Å². The number of aromatic amines is 1. The van der Waals surface area contributed by atoms with Gasteiger partial charge in [-0.25, -0.2) is 5.10 Å². The predicted octanol–water partition coefficient (Wildman–Crippen LogP) is 1.98. The van der Waals surface area contributed by atoms with E-state index >= 15 is 0 Å². The molecule has 0 radical (unpaired) electrons. The lowest BCUT2D eigenvalue weighted by Gasteiger charge is -2.16. The first-order chi connectivity index (χ1) is 6.43. The molecule has 3 nitrogen and oxygen atoms in total. The molecule has 13 heavy (non-hydrogen) atoms. The lowest BCUT2D eigenvalue weighted by Crippen LogP contribution is -2.21. The molecule has 0 aliphatic heterocycles. The number of nitrogens with zero attached hydrogens (tertiary/aromatic N) is 1. The van der Waals surface area contributed by atoms with Crippen molar-refractivity contribution in [2.75, 3.05) is 0 Å². The van der Waals surface area contributed by atoms with E-state index in [1.165, 1.54) is 25.7 Å². The van der Waals surface area contributed by atoms with Crippen molar-refractivity contribution in [1.82, 2.24) is 10.2 Å². The maximum atomic E-state index is 5.88. The molecule has 0 saturated heterocycles. The molecule has 2 aliphatic carbocycles. The van der Waals surface area contributed by atoms with Crippen molar-refractivity contribution in [2.24, 2.45) is 11.8 Å². The highest BCUT2D eigenvalue weighted by atomic mass is 16.5. The summed E-state index contributed by atoms with van der Waals surface area (Å²) in [6, 6.07) is 1.90. The van der Waals surface area contributed by atoms with Crippen molar-refractivity contribution >= 4 is 0 Å². The molecule has 70 valence electrons. The van der Waals surface area contributed by atoms with Crippen molar-refractivity contribution in [1.29, 1.82) is 0 Å². The molecule has 0 aromatic carbocycles. The summed E-state index contributed by atoms with van der Waals surface area (Å²) >= 11 is 0. The van der Waals surface area contributed by atoms with Crippen molar-refractivity contribution < 1.29 is 4.74 Å². The second-order valence-electron chi connectivity index (χ2n) is 4.18. The van der Waals surface area contributed by atoms with E-state index in [1.807, 2.05) is 6.07 Å². The van der Waals surface area contributed by atoms with Gasteiger partial charge in [0.05, 0.1) is 6.20 Å². The van der Waals surface area contributed by atoms with E-state index < -0.39 is 0 Å². The first-order valence-corrected chi connectivity index (χ1v) is 5.09. The van der Waals surface area contributed by atoms with Crippen LogP contribution in [0, 0.1) is 11.8 Å². The maximum absolute atomic E-state index is 5.88. The van der Waals surface area contributed by atoms with Crippen LogP contribution < -0.4 is 4.74 Å². The highest BCUT2D eigenvalue weighted by molar-refractivity contribution is 5.07. The minimum Gasteiger partial charge on any atom is -0.474 e. The van der Waals surface area contributed by atoms with Crippen LogP contribution in [0.2, 0.25) is 0 Å². The maximum Gasteiger partial charge on any atom is 0.209 e. The summed E-state index contributed by atoms with van der Waals surface area (Å²) in [6.45, 7) is 0. The van der Waals surface area contributed by atoms with Crippen molar-refractivity contribution in [3.63, 3.8) is 0 Å². The molecule has 2 saturated carbocycles. The van der Waals surface area contributed by atoms with Gasteiger partial charge in [0.15, 0.2) is 0 Å². The first kappa shape index (κ1) is 7.42. The van der Waals surface area contributed by atoms with E-state index in [0.717, 1.165) is 17.7 Å². The highest BCUT2D eigenvalue weighted by Crippen LogP contribution is 2.46. The third kappa shape index (κ3) is 1.55. The van der Waals surface area contributed by atoms with Crippen LogP contribution >= 0.6 is 0 Å². The topological polar surface area (TPSA) is 37.9 Å². The van der Waals surface area contributed by atoms with E-state index in [-0.39, 0.29) is 0 Å². The molecule has 1 heterocycles. The van der Waals surface area contributed by atoms with Gasteiger partial charge in [-0.1, -0.05) is 0 Å². The molecule has 2 fully saturated rings. The van der Waals surface area contributed by atoms with E-state index in [2.05, 4.69) is 10.2 Å². The summed E-state index contributed by atoms with van der Waals surface area (Å²) in [7, 11) is 0. The van der Waals surface area contributed by atoms with E-state index in [0.29, 0.717) is 6.10 Å². The molecule has 0 spiro atoms. The van der Waals surface area contributed by atoms with Crippen LogP contribution in [-0.4, -0.2) is 16.3 Å². The summed E-state index contributed by atoms with van der Waals surface area (Å²) in [5.41, 5.74) is 0. The van der Waals surface area contributed by atoms with Gasteiger partial charge in [0.2, 0.25) is 5.88 Å². The molecular formula is C10H14N2O. The van der Waals surface area contributed by atoms with E-state index in [1.54, 1.807) is 6.20 Å². The normalized spacial score (nSPS) is 22.2. The second kappa shape index (κ2) is 2.76. The third-order valence-corrected chi connectivity index (χ3v) is 2.91. The number of H-pyrrole nitrogens is 1. The number of hydrogen-bond donors (Lipinski definition) is 1. The number of aromatic nitrogens is 2. The minimum atomic E-state index is 0.473. The molecule has 0 bridgehead atoms. The monoisotopic (exact) mass is 178 g/mol. The Labute approximate surface area is 77.5 Å². The first-order valence-electron chi connectivity index (χ1n) is 5.09. The molecule has 1 N–H and O–H groups in total. The van der Waals surface area contributed by atoms with Crippen LogP contribution in [0.3, 0.4) is 0 Å². The summed E-state index contributed by atoms with van der Waals surface area (Å²) in [5, 5.41) is 6.75. The van der Waals surface area contributed by atoms with Gasteiger partial charge in [0, 0.05) is 6.07 Å². The van der Waals surface area contributed by atoms with Gasteiger partial charge in [-0.3, -0.25) is 0 Å². The van der Waals surface area contributed by atoms with E-state index in [9.17, 15) is 0 Å². The minimum absolute atomic E-state index is 0.473. The lowest BCUT2D eigenvalue weighted by molar-refractivity contribution is 0.148.